The van der Waals surface area contributed by atoms with Gasteiger partial charge in [-0.1, -0.05) is 24.3 Å². The van der Waals surface area contributed by atoms with E-state index in [0.717, 1.165) is 5.56 Å². The average molecular weight is 554 g/mol. The summed E-state index contributed by atoms with van der Waals surface area (Å²) in [6.45, 7) is 6.24. The number of aryl methyl sites for hydroxylation is 1. The van der Waals surface area contributed by atoms with Crippen LogP contribution in [0.4, 0.5) is 5.69 Å². The molecular weight excluding hydrogens is 518 g/mol. The van der Waals surface area contributed by atoms with E-state index in [1.165, 1.54) is 25.3 Å². The maximum absolute atomic E-state index is 13.2. The Balaban J connectivity index is 1.59. The molecule has 2 aromatic carbocycles. The van der Waals surface area contributed by atoms with E-state index in [4.69, 9.17) is 14.2 Å². The lowest BCUT2D eigenvalue weighted by atomic mass is 9.75. The highest BCUT2D eigenvalue weighted by molar-refractivity contribution is 6.07. The van der Waals surface area contributed by atoms with Crippen molar-refractivity contribution in [3.05, 3.63) is 81.0 Å². The van der Waals surface area contributed by atoms with E-state index in [2.05, 4.69) is 10.3 Å². The number of esters is 2. The SMILES string of the molecule is COC(=O)C1C(C)=NC(C)=C(C(=O)OCCCNCC(O)COc2cccc(C)c2)C1c1cccc([N+](=O)[O-])c1. The Morgan fingerprint density at radius 3 is 2.60 bits per heavy atom. The van der Waals surface area contributed by atoms with Crippen molar-refractivity contribution in [2.24, 2.45) is 10.9 Å². The molecule has 3 rings (SSSR count). The molecule has 0 aliphatic carbocycles. The van der Waals surface area contributed by atoms with Gasteiger partial charge in [0.15, 0.2) is 0 Å². The largest absolute Gasteiger partial charge is 0.491 e. The van der Waals surface area contributed by atoms with Gasteiger partial charge in [0, 0.05) is 36.0 Å². The standard InChI is InChI=1S/C29H35N3O8/c1-18-8-5-11-24(14-18)40-17-23(33)16-30-12-7-13-39-29(35)26-20(3)31-19(2)25(28(34)38-4)27(26)21-9-6-10-22(15-21)32(36)37/h5-6,8-11,14-15,23,25,27,30,33H,7,12-13,16-17H2,1-4H3. The number of hydrogen-bond donors (Lipinski definition) is 2. The lowest BCUT2D eigenvalue weighted by Gasteiger charge is -2.31. The molecule has 0 aromatic heterocycles. The number of aliphatic hydroxyl groups excluding tert-OH is 1. The van der Waals surface area contributed by atoms with Gasteiger partial charge in [0.05, 0.1) is 24.2 Å². The molecule has 11 heteroatoms. The van der Waals surface area contributed by atoms with Crippen molar-refractivity contribution < 1.29 is 33.8 Å². The molecular formula is C29H35N3O8. The van der Waals surface area contributed by atoms with Gasteiger partial charge in [-0.25, -0.2) is 4.79 Å². The van der Waals surface area contributed by atoms with Crippen LogP contribution in [0.2, 0.25) is 0 Å². The number of nitrogens with one attached hydrogen (secondary N) is 1. The smallest absolute Gasteiger partial charge is 0.336 e. The highest BCUT2D eigenvalue weighted by Crippen LogP contribution is 2.40. The molecule has 0 radical (unpaired) electrons. The fraction of sp³-hybridized carbons (Fsp3) is 0.414. The van der Waals surface area contributed by atoms with Crippen LogP contribution in [0.25, 0.3) is 0 Å². The van der Waals surface area contributed by atoms with E-state index >= 15 is 0 Å². The van der Waals surface area contributed by atoms with Crippen LogP contribution < -0.4 is 10.1 Å². The number of ether oxygens (including phenoxy) is 3. The molecule has 40 heavy (non-hydrogen) atoms. The van der Waals surface area contributed by atoms with Gasteiger partial charge >= 0.3 is 11.9 Å². The summed E-state index contributed by atoms with van der Waals surface area (Å²) in [5.74, 6) is -2.38. The van der Waals surface area contributed by atoms with Gasteiger partial charge in [-0.2, -0.15) is 0 Å². The van der Waals surface area contributed by atoms with Crippen molar-refractivity contribution in [2.75, 3.05) is 33.4 Å². The Kier molecular flexibility index (Phi) is 10.9. The molecule has 1 aliphatic heterocycles. The van der Waals surface area contributed by atoms with Crippen LogP contribution in [0.5, 0.6) is 5.75 Å². The average Bonchev–Trinajstić information content (AvgIpc) is 2.93. The van der Waals surface area contributed by atoms with E-state index in [1.807, 2.05) is 31.2 Å². The van der Waals surface area contributed by atoms with Crippen molar-refractivity contribution in [3.8, 4) is 5.75 Å². The Hall–Kier alpha value is -4.09. The number of benzene rings is 2. The van der Waals surface area contributed by atoms with Crippen molar-refractivity contribution in [1.82, 2.24) is 5.32 Å². The molecule has 0 fully saturated rings. The van der Waals surface area contributed by atoms with Crippen LogP contribution in [0.15, 0.2) is 64.8 Å². The number of nitro benzene ring substituents is 1. The first-order valence-electron chi connectivity index (χ1n) is 13.0. The van der Waals surface area contributed by atoms with Crippen molar-refractivity contribution in [2.45, 2.75) is 39.2 Å². The van der Waals surface area contributed by atoms with Crippen molar-refractivity contribution >= 4 is 23.3 Å². The molecule has 0 saturated heterocycles. The number of carbonyl (C=O) groups excluding carboxylic acids is 2. The molecule has 0 saturated carbocycles. The highest BCUT2D eigenvalue weighted by Gasteiger charge is 2.42. The first-order chi connectivity index (χ1) is 19.1. The van der Waals surface area contributed by atoms with E-state index < -0.39 is 34.8 Å². The number of nitrogens with zero attached hydrogens (tertiary/aromatic N) is 2. The fourth-order valence-corrected chi connectivity index (χ4v) is 4.59. The van der Waals surface area contributed by atoms with Gasteiger partial charge in [0.1, 0.15) is 24.4 Å². The topological polar surface area (TPSA) is 150 Å². The lowest BCUT2D eigenvalue weighted by Crippen LogP contribution is -2.36. The summed E-state index contributed by atoms with van der Waals surface area (Å²) >= 11 is 0. The van der Waals surface area contributed by atoms with Crippen LogP contribution in [-0.2, 0) is 19.1 Å². The number of non-ortho nitro benzene ring substituents is 1. The molecule has 0 bridgehead atoms. The first kappa shape index (κ1) is 30.5. The number of allylic oxidation sites excluding steroid dienone is 1. The van der Waals surface area contributed by atoms with Crippen LogP contribution in [0, 0.1) is 23.0 Å². The third-order valence-electron chi connectivity index (χ3n) is 6.49. The van der Waals surface area contributed by atoms with Gasteiger partial charge in [-0.3, -0.25) is 19.9 Å². The summed E-state index contributed by atoms with van der Waals surface area (Å²) in [6.07, 6.45) is -0.251. The second-order valence-corrected chi connectivity index (χ2v) is 9.56. The summed E-state index contributed by atoms with van der Waals surface area (Å²) in [6, 6.07) is 13.4. The second kappa shape index (κ2) is 14.3. The monoisotopic (exact) mass is 553 g/mol. The Bertz CT molecular complexity index is 1290. The quantitative estimate of drug-likeness (QED) is 0.164. The van der Waals surface area contributed by atoms with Gasteiger partial charge in [-0.15, -0.1) is 0 Å². The van der Waals surface area contributed by atoms with Gasteiger partial charge in [0.2, 0.25) is 0 Å². The molecule has 3 atom stereocenters. The maximum atomic E-state index is 13.2. The van der Waals surface area contributed by atoms with Crippen molar-refractivity contribution in [3.63, 3.8) is 0 Å². The Morgan fingerprint density at radius 2 is 1.90 bits per heavy atom. The third-order valence-corrected chi connectivity index (χ3v) is 6.49. The summed E-state index contributed by atoms with van der Waals surface area (Å²) < 4.78 is 16.1. The molecule has 0 spiro atoms. The predicted octanol–water partition coefficient (Wildman–Crippen LogP) is 3.49. The zero-order chi connectivity index (χ0) is 29.2. The molecule has 1 aliphatic rings. The zero-order valence-electron chi connectivity index (χ0n) is 23.1. The van der Waals surface area contributed by atoms with Gasteiger partial charge in [0.25, 0.3) is 5.69 Å². The molecule has 214 valence electrons. The van der Waals surface area contributed by atoms with E-state index in [-0.39, 0.29) is 24.5 Å². The summed E-state index contributed by atoms with van der Waals surface area (Å²) in [7, 11) is 1.24. The van der Waals surface area contributed by atoms with E-state index in [1.54, 1.807) is 19.9 Å². The third kappa shape index (κ3) is 7.96. The summed E-state index contributed by atoms with van der Waals surface area (Å²) in [4.78, 5) is 41.2. The van der Waals surface area contributed by atoms with Gasteiger partial charge in [-0.05, 0) is 57.0 Å². The number of rotatable bonds is 13. The first-order valence-corrected chi connectivity index (χ1v) is 13.0. The summed E-state index contributed by atoms with van der Waals surface area (Å²) in [5.41, 5.74) is 2.27. The van der Waals surface area contributed by atoms with Crippen LogP contribution in [0.3, 0.4) is 0 Å². The van der Waals surface area contributed by atoms with Crippen LogP contribution >= 0.6 is 0 Å². The predicted molar refractivity (Wildman–Crippen MR) is 148 cm³/mol. The molecule has 0 amide bonds. The highest BCUT2D eigenvalue weighted by atomic mass is 16.6. The van der Waals surface area contributed by atoms with Crippen molar-refractivity contribution in [1.29, 1.82) is 0 Å². The second-order valence-electron chi connectivity index (χ2n) is 9.56. The lowest BCUT2D eigenvalue weighted by molar-refractivity contribution is -0.384. The van der Waals surface area contributed by atoms with Gasteiger partial charge < -0.3 is 24.6 Å². The summed E-state index contributed by atoms with van der Waals surface area (Å²) in [5, 5.41) is 24.6. The number of hydrogen-bond acceptors (Lipinski definition) is 10. The minimum absolute atomic E-state index is 0.0751. The zero-order valence-corrected chi connectivity index (χ0v) is 23.1. The molecule has 2 aromatic rings. The minimum Gasteiger partial charge on any atom is -0.491 e. The number of carbonyl (C=O) groups is 2. The minimum atomic E-state index is -0.941. The van der Waals surface area contributed by atoms with E-state index in [0.29, 0.717) is 42.2 Å². The molecule has 1 heterocycles. The number of methoxy groups -OCH3 is 1. The van der Waals surface area contributed by atoms with Crippen LogP contribution in [0.1, 0.15) is 37.3 Å². The number of aliphatic imine (C=N–C) groups is 1. The molecule has 2 N–H and O–H groups in total. The Morgan fingerprint density at radius 1 is 1.15 bits per heavy atom. The molecule has 3 unspecified atom stereocenters. The molecule has 11 nitrogen and oxygen atoms in total. The normalized spacial score (nSPS) is 17.6. The van der Waals surface area contributed by atoms with Crippen LogP contribution in [-0.4, -0.2) is 67.2 Å². The maximum Gasteiger partial charge on any atom is 0.336 e. The number of aliphatic hydroxyl groups is 1. The fourth-order valence-electron chi connectivity index (χ4n) is 4.59. The number of nitro groups is 1. The van der Waals surface area contributed by atoms with E-state index in [9.17, 15) is 24.8 Å². The Labute approximate surface area is 233 Å².